The number of likely N-dealkylation sites (tertiary alicyclic amines) is 1. The number of aliphatic hydroxyl groups excluding tert-OH is 1. The van der Waals surface area contributed by atoms with Crippen molar-refractivity contribution in [2.75, 3.05) is 13.1 Å². The zero-order chi connectivity index (χ0) is 28.6. The van der Waals surface area contributed by atoms with E-state index >= 15 is 0 Å². The van der Waals surface area contributed by atoms with Crippen molar-refractivity contribution in [2.24, 2.45) is 11.1 Å². The number of nitrogens with zero attached hydrogens (tertiary/aromatic N) is 2. The molecular weight excluding hydrogens is 550 g/mol. The van der Waals surface area contributed by atoms with Crippen LogP contribution in [0.5, 0.6) is 0 Å². The van der Waals surface area contributed by atoms with E-state index in [2.05, 4.69) is 15.6 Å². The number of rotatable bonds is 12. The Morgan fingerprint density at radius 2 is 1.82 bits per heavy atom. The van der Waals surface area contributed by atoms with Gasteiger partial charge in [-0.25, -0.2) is 4.98 Å². The smallest absolute Gasteiger partial charge is 0.246 e. The highest BCUT2D eigenvalue weighted by Gasteiger charge is 2.44. The van der Waals surface area contributed by atoms with Crippen LogP contribution in [0.1, 0.15) is 70.6 Å². The zero-order valence-corrected chi connectivity index (χ0v) is 25.6. The number of halogens is 1. The minimum absolute atomic E-state index is 0. The van der Waals surface area contributed by atoms with Crippen LogP contribution in [0.2, 0.25) is 0 Å². The summed E-state index contributed by atoms with van der Waals surface area (Å²) in [6.45, 7) is 8.63. The van der Waals surface area contributed by atoms with Crippen molar-refractivity contribution in [3.05, 3.63) is 41.0 Å². The molecule has 2 heterocycles. The van der Waals surface area contributed by atoms with Gasteiger partial charge in [0.2, 0.25) is 17.7 Å². The lowest BCUT2D eigenvalue weighted by Gasteiger charge is -2.35. The maximum atomic E-state index is 13.7. The van der Waals surface area contributed by atoms with Crippen molar-refractivity contribution in [3.8, 4) is 10.4 Å². The summed E-state index contributed by atoms with van der Waals surface area (Å²) in [5.41, 5.74) is 9.76. The van der Waals surface area contributed by atoms with Gasteiger partial charge in [-0.05, 0) is 42.9 Å². The summed E-state index contributed by atoms with van der Waals surface area (Å²) < 4.78 is 0. The quantitative estimate of drug-likeness (QED) is 0.278. The maximum absolute atomic E-state index is 13.7. The Hall–Kier alpha value is -2.53. The van der Waals surface area contributed by atoms with Gasteiger partial charge < -0.3 is 26.4 Å². The number of amides is 3. The highest BCUT2D eigenvalue weighted by molar-refractivity contribution is 7.13. The number of β-amino-alcohol motifs (C(OH)–C–C–N with tert-alkyl or cyclic N) is 1. The molecule has 0 aliphatic carbocycles. The molecular formula is C29H44ClN5O4S. The number of hydrogen-bond acceptors (Lipinski definition) is 7. The predicted molar refractivity (Wildman–Crippen MR) is 161 cm³/mol. The van der Waals surface area contributed by atoms with Crippen molar-refractivity contribution in [1.82, 2.24) is 20.5 Å². The summed E-state index contributed by atoms with van der Waals surface area (Å²) in [4.78, 5) is 46.3. The number of nitrogens with one attached hydrogen (secondary N) is 2. The van der Waals surface area contributed by atoms with Crippen LogP contribution < -0.4 is 16.4 Å². The van der Waals surface area contributed by atoms with Gasteiger partial charge in [0.15, 0.2) is 0 Å². The Morgan fingerprint density at radius 1 is 1.15 bits per heavy atom. The third kappa shape index (κ3) is 9.26. The molecule has 3 rings (SSSR count). The Bertz CT molecular complexity index is 1120. The van der Waals surface area contributed by atoms with Crippen molar-refractivity contribution in [2.45, 2.75) is 91.0 Å². The normalized spacial score (nSPS) is 17.7. The van der Waals surface area contributed by atoms with Crippen LogP contribution in [0.15, 0.2) is 29.8 Å². The molecule has 0 radical (unpaired) electrons. The van der Waals surface area contributed by atoms with E-state index in [1.165, 1.54) is 4.90 Å². The van der Waals surface area contributed by atoms with Crippen LogP contribution in [0, 0.1) is 12.3 Å². The van der Waals surface area contributed by atoms with Gasteiger partial charge >= 0.3 is 0 Å². The Balaban J connectivity index is 0.00000560. The third-order valence-corrected chi connectivity index (χ3v) is 8.05. The number of nitrogens with two attached hydrogens (primary N) is 1. The molecule has 0 spiro atoms. The van der Waals surface area contributed by atoms with Crippen molar-refractivity contribution in [3.63, 3.8) is 0 Å². The zero-order valence-electron chi connectivity index (χ0n) is 23.9. The van der Waals surface area contributed by atoms with Crippen LogP contribution in [-0.4, -0.2) is 64.0 Å². The molecule has 1 unspecified atom stereocenters. The number of aryl methyl sites for hydroxylation is 1. The molecule has 222 valence electrons. The first-order valence-corrected chi connectivity index (χ1v) is 14.6. The number of carbonyl (C=O) groups excluding carboxylic acids is 3. The molecule has 11 heteroatoms. The van der Waals surface area contributed by atoms with Gasteiger partial charge in [0.25, 0.3) is 0 Å². The fourth-order valence-electron chi connectivity index (χ4n) is 4.80. The lowest BCUT2D eigenvalue weighted by atomic mass is 9.85. The number of carbonyl (C=O) groups is 3. The van der Waals surface area contributed by atoms with Crippen LogP contribution in [0.25, 0.3) is 10.4 Å². The molecule has 3 amide bonds. The van der Waals surface area contributed by atoms with E-state index in [0.29, 0.717) is 19.5 Å². The summed E-state index contributed by atoms with van der Waals surface area (Å²) in [5.74, 6) is -0.852. The highest BCUT2D eigenvalue weighted by atomic mass is 35.5. The van der Waals surface area contributed by atoms with Gasteiger partial charge in [-0.1, -0.05) is 57.9 Å². The Kier molecular flexibility index (Phi) is 13.0. The van der Waals surface area contributed by atoms with Gasteiger partial charge in [0, 0.05) is 25.9 Å². The molecule has 3 atom stereocenters. The first kappa shape index (κ1) is 33.7. The third-order valence-electron chi connectivity index (χ3n) is 7.07. The second-order valence-corrected chi connectivity index (χ2v) is 12.3. The van der Waals surface area contributed by atoms with E-state index in [1.54, 1.807) is 11.3 Å². The van der Waals surface area contributed by atoms with Gasteiger partial charge in [-0.15, -0.1) is 23.7 Å². The van der Waals surface area contributed by atoms with E-state index in [0.717, 1.165) is 47.4 Å². The average molecular weight is 594 g/mol. The van der Waals surface area contributed by atoms with Gasteiger partial charge in [-0.2, -0.15) is 0 Å². The minimum atomic E-state index is -0.808. The maximum Gasteiger partial charge on any atom is 0.246 e. The summed E-state index contributed by atoms with van der Waals surface area (Å²) in [6, 6.07) is 6.32. The van der Waals surface area contributed by atoms with Crippen LogP contribution in [0.4, 0.5) is 0 Å². The number of hydrogen-bond donors (Lipinski definition) is 4. The molecule has 1 aliphatic heterocycles. The van der Waals surface area contributed by atoms with Gasteiger partial charge in [0.05, 0.1) is 22.2 Å². The number of aromatic nitrogens is 1. The van der Waals surface area contributed by atoms with Crippen molar-refractivity contribution >= 4 is 41.5 Å². The monoisotopic (exact) mass is 593 g/mol. The standard InChI is InChI=1S/C29H43N5O4S.ClH/c1-19-25(39-18-32-19)21-12-10-20(11-13-21)16-31-27(37)23-15-22(35)17-34(23)28(38)26(29(2,3)4)33-24(36)9-7-5-6-8-14-30;/h10-13,18,22-23,26,35H,5-9,14-17,30H2,1-4H3,(H,31,37)(H,33,36);1H/t22-,23+,26?;/m1./s1. The Morgan fingerprint density at radius 3 is 2.42 bits per heavy atom. The molecule has 40 heavy (non-hydrogen) atoms. The molecule has 2 aromatic rings. The van der Waals surface area contributed by atoms with E-state index in [9.17, 15) is 19.5 Å². The van der Waals surface area contributed by atoms with Gasteiger partial charge in [0.1, 0.15) is 12.1 Å². The predicted octanol–water partition coefficient (Wildman–Crippen LogP) is 3.56. The molecule has 1 saturated heterocycles. The molecule has 1 aromatic heterocycles. The van der Waals surface area contributed by atoms with Crippen LogP contribution >= 0.6 is 23.7 Å². The van der Waals surface area contributed by atoms with Crippen LogP contribution in [0.3, 0.4) is 0 Å². The van der Waals surface area contributed by atoms with Crippen molar-refractivity contribution < 1.29 is 19.5 Å². The van der Waals surface area contributed by atoms with Gasteiger partial charge in [-0.3, -0.25) is 14.4 Å². The highest BCUT2D eigenvalue weighted by Crippen LogP contribution is 2.28. The summed E-state index contributed by atoms with van der Waals surface area (Å²) in [5, 5.41) is 16.2. The summed E-state index contributed by atoms with van der Waals surface area (Å²) >= 11 is 1.59. The van der Waals surface area contributed by atoms with E-state index in [1.807, 2.05) is 57.5 Å². The van der Waals surface area contributed by atoms with E-state index in [4.69, 9.17) is 5.73 Å². The lowest BCUT2D eigenvalue weighted by molar-refractivity contribution is -0.144. The second-order valence-electron chi connectivity index (χ2n) is 11.4. The first-order chi connectivity index (χ1) is 18.5. The number of unbranched alkanes of at least 4 members (excludes halogenated alkanes) is 3. The molecule has 0 bridgehead atoms. The van der Waals surface area contributed by atoms with Crippen molar-refractivity contribution in [1.29, 1.82) is 0 Å². The molecule has 5 N–H and O–H groups in total. The topological polar surface area (TPSA) is 138 Å². The number of thiazole rings is 1. The fraction of sp³-hybridized carbons (Fsp3) is 0.586. The molecule has 1 aliphatic rings. The lowest BCUT2D eigenvalue weighted by Crippen LogP contribution is -2.57. The molecule has 1 fully saturated rings. The first-order valence-electron chi connectivity index (χ1n) is 13.8. The Labute approximate surface area is 247 Å². The SMILES string of the molecule is Cc1ncsc1-c1ccc(CNC(=O)[C@@H]2C[C@@H](O)CN2C(=O)C(NC(=O)CCCCCCN)C(C)(C)C)cc1.Cl. The number of aliphatic hydroxyl groups is 1. The molecule has 9 nitrogen and oxygen atoms in total. The molecule has 1 aromatic carbocycles. The van der Waals surface area contributed by atoms with Crippen LogP contribution in [-0.2, 0) is 20.9 Å². The minimum Gasteiger partial charge on any atom is -0.391 e. The number of benzene rings is 1. The second kappa shape index (κ2) is 15.5. The fourth-order valence-corrected chi connectivity index (χ4v) is 5.61. The molecule has 0 saturated carbocycles. The average Bonchev–Trinajstić information content (AvgIpc) is 3.50. The largest absolute Gasteiger partial charge is 0.391 e. The van der Waals surface area contributed by atoms with E-state index in [-0.39, 0.29) is 43.1 Å². The van der Waals surface area contributed by atoms with E-state index < -0.39 is 23.6 Å². The summed E-state index contributed by atoms with van der Waals surface area (Å²) in [7, 11) is 0. The summed E-state index contributed by atoms with van der Waals surface area (Å²) in [6.07, 6.45) is 3.24.